The second-order valence-corrected chi connectivity index (χ2v) is 7.62. The molecule has 1 aromatic carbocycles. The second kappa shape index (κ2) is 6.63. The SMILES string of the molecule is Cc1ncsc1C(=N)N1C(=N)C2CC1=NN2C(=O)c1cccc(C(F)(F)F)c1Cl. The minimum Gasteiger partial charge on any atom is -0.286 e. The van der Waals surface area contributed by atoms with E-state index in [-0.39, 0.29) is 23.7 Å². The van der Waals surface area contributed by atoms with Gasteiger partial charge in [0.2, 0.25) is 0 Å². The van der Waals surface area contributed by atoms with Crippen LogP contribution < -0.4 is 0 Å². The molecule has 12 heteroatoms. The van der Waals surface area contributed by atoms with Crippen molar-refractivity contribution in [1.82, 2.24) is 14.9 Å². The molecule has 2 N–H and O–H groups in total. The summed E-state index contributed by atoms with van der Waals surface area (Å²) in [5, 5.41) is 21.1. The van der Waals surface area contributed by atoms with Gasteiger partial charge in [0.25, 0.3) is 5.91 Å². The maximum absolute atomic E-state index is 13.1. The first-order valence-corrected chi connectivity index (χ1v) is 9.51. The van der Waals surface area contributed by atoms with Crippen molar-refractivity contribution < 1.29 is 18.0 Å². The fourth-order valence-electron chi connectivity index (χ4n) is 3.24. The number of aromatic nitrogens is 1. The van der Waals surface area contributed by atoms with E-state index in [4.69, 9.17) is 22.4 Å². The molecular formula is C17H12ClF3N6OS. The number of carbonyl (C=O) groups excluding carboxylic acids is 1. The Morgan fingerprint density at radius 1 is 1.38 bits per heavy atom. The lowest BCUT2D eigenvalue weighted by Crippen LogP contribution is -2.47. The number of rotatable bonds is 2. The standard InChI is InChI=1S/C17H12ClF3N6OS/c1-7-13(29-6-24-7)15(23)26-11-5-10(14(26)22)27(25-11)16(28)8-3-2-4-9(12(8)18)17(19,20)21/h2-4,6,10,22-23H,5H2,1H3. The van der Waals surface area contributed by atoms with Gasteiger partial charge in [-0.25, -0.2) is 9.99 Å². The highest BCUT2D eigenvalue weighted by Gasteiger charge is 2.48. The Bertz CT molecular complexity index is 1100. The molecule has 1 fully saturated rings. The smallest absolute Gasteiger partial charge is 0.286 e. The number of amides is 1. The van der Waals surface area contributed by atoms with E-state index in [0.717, 1.165) is 17.1 Å². The van der Waals surface area contributed by atoms with Gasteiger partial charge in [-0.15, -0.1) is 11.3 Å². The summed E-state index contributed by atoms with van der Waals surface area (Å²) >= 11 is 7.10. The zero-order valence-electron chi connectivity index (χ0n) is 14.7. The number of hydrogen-bond donors (Lipinski definition) is 2. The van der Waals surface area contributed by atoms with Crippen molar-refractivity contribution in [1.29, 1.82) is 10.8 Å². The molecule has 150 valence electrons. The number of likely N-dealkylation sites (tertiary alicyclic amines) is 1. The zero-order valence-corrected chi connectivity index (χ0v) is 16.3. The fourth-order valence-corrected chi connectivity index (χ4v) is 4.29. The molecule has 2 aliphatic heterocycles. The van der Waals surface area contributed by atoms with Crippen molar-refractivity contribution >= 4 is 46.4 Å². The normalized spacial score (nSPS) is 18.4. The molecule has 1 aromatic heterocycles. The van der Waals surface area contributed by atoms with E-state index < -0.39 is 28.7 Å². The number of hydrazone groups is 1. The third kappa shape index (κ3) is 3.01. The van der Waals surface area contributed by atoms with Crippen molar-refractivity contribution in [3.05, 3.63) is 50.4 Å². The highest BCUT2D eigenvalue weighted by molar-refractivity contribution is 7.12. The number of nitrogens with zero attached hydrogens (tertiary/aromatic N) is 4. The summed E-state index contributed by atoms with van der Waals surface area (Å²) in [6.07, 6.45) is -4.50. The average Bonchev–Trinajstić information content (AvgIpc) is 3.34. The van der Waals surface area contributed by atoms with Crippen molar-refractivity contribution in [2.75, 3.05) is 0 Å². The molecule has 1 saturated heterocycles. The van der Waals surface area contributed by atoms with Crippen LogP contribution in [0.2, 0.25) is 5.02 Å². The first-order chi connectivity index (χ1) is 13.6. The quantitative estimate of drug-likeness (QED) is 0.546. The molecule has 29 heavy (non-hydrogen) atoms. The van der Waals surface area contributed by atoms with Crippen molar-refractivity contribution in [2.45, 2.75) is 25.6 Å². The molecule has 2 aliphatic rings. The third-order valence-corrected chi connectivity index (χ3v) is 5.98. The van der Waals surface area contributed by atoms with Gasteiger partial charge < -0.3 is 0 Å². The van der Waals surface area contributed by atoms with Crippen LogP contribution in [0.5, 0.6) is 0 Å². The molecule has 2 bridgehead atoms. The number of fused-ring (bicyclic) bond motifs is 2. The Morgan fingerprint density at radius 2 is 2.10 bits per heavy atom. The van der Waals surface area contributed by atoms with Crippen LogP contribution in [0.3, 0.4) is 0 Å². The Hall–Kier alpha value is -2.79. The summed E-state index contributed by atoms with van der Waals surface area (Å²) in [5.74, 6) is -0.551. The molecule has 1 amide bonds. The molecule has 0 aliphatic carbocycles. The second-order valence-electron chi connectivity index (χ2n) is 6.39. The molecule has 1 unspecified atom stereocenters. The number of halogens is 4. The van der Waals surface area contributed by atoms with Gasteiger partial charge in [0.1, 0.15) is 17.7 Å². The topological polar surface area (TPSA) is 96.5 Å². The van der Waals surface area contributed by atoms with Gasteiger partial charge in [0, 0.05) is 6.42 Å². The van der Waals surface area contributed by atoms with Crippen LogP contribution in [-0.4, -0.2) is 44.3 Å². The van der Waals surface area contributed by atoms with Gasteiger partial charge >= 0.3 is 6.18 Å². The number of hydrogen-bond acceptors (Lipinski definition) is 6. The molecule has 0 radical (unpaired) electrons. The van der Waals surface area contributed by atoms with E-state index in [0.29, 0.717) is 16.4 Å². The van der Waals surface area contributed by atoms with Gasteiger partial charge in [-0.05, 0) is 19.1 Å². The average molecular weight is 441 g/mol. The van der Waals surface area contributed by atoms with Crippen LogP contribution in [0.15, 0.2) is 28.8 Å². The zero-order chi connectivity index (χ0) is 21.1. The first kappa shape index (κ1) is 19.5. The maximum atomic E-state index is 13.1. The van der Waals surface area contributed by atoms with Crippen molar-refractivity contribution in [2.24, 2.45) is 5.10 Å². The third-order valence-electron chi connectivity index (χ3n) is 4.64. The van der Waals surface area contributed by atoms with E-state index >= 15 is 0 Å². The van der Waals surface area contributed by atoms with E-state index in [1.54, 1.807) is 12.4 Å². The van der Waals surface area contributed by atoms with E-state index in [2.05, 4.69) is 10.1 Å². The van der Waals surface area contributed by atoms with Crippen LogP contribution in [-0.2, 0) is 6.18 Å². The summed E-state index contributed by atoms with van der Waals surface area (Å²) in [6, 6.07) is 2.28. The molecule has 1 atom stereocenters. The number of amidine groups is 3. The predicted molar refractivity (Wildman–Crippen MR) is 102 cm³/mol. The minimum atomic E-state index is -4.70. The van der Waals surface area contributed by atoms with Crippen molar-refractivity contribution in [3.8, 4) is 0 Å². The molecule has 4 rings (SSSR count). The summed E-state index contributed by atoms with van der Waals surface area (Å²) in [7, 11) is 0. The van der Waals surface area contributed by atoms with Crippen LogP contribution in [0.4, 0.5) is 13.2 Å². The summed E-state index contributed by atoms with van der Waals surface area (Å²) in [6.45, 7) is 1.74. The van der Waals surface area contributed by atoms with Crippen LogP contribution in [0, 0.1) is 17.7 Å². The monoisotopic (exact) mass is 440 g/mol. The van der Waals surface area contributed by atoms with E-state index in [9.17, 15) is 18.0 Å². The Kier molecular flexibility index (Phi) is 4.46. The van der Waals surface area contributed by atoms with Gasteiger partial charge in [0.15, 0.2) is 5.84 Å². The van der Waals surface area contributed by atoms with Gasteiger partial charge in [-0.2, -0.15) is 18.3 Å². The number of alkyl halides is 3. The lowest BCUT2D eigenvalue weighted by molar-refractivity contribution is -0.137. The largest absolute Gasteiger partial charge is 0.417 e. The number of aryl methyl sites for hydroxylation is 1. The molecular weight excluding hydrogens is 429 g/mol. The van der Waals surface area contributed by atoms with Crippen molar-refractivity contribution in [3.63, 3.8) is 0 Å². The van der Waals surface area contributed by atoms with E-state index in [1.165, 1.54) is 22.3 Å². The number of carbonyl (C=O) groups is 1. The molecule has 3 heterocycles. The molecule has 2 aromatic rings. The first-order valence-electron chi connectivity index (χ1n) is 8.25. The highest BCUT2D eigenvalue weighted by atomic mass is 35.5. The highest BCUT2D eigenvalue weighted by Crippen LogP contribution is 2.38. The van der Waals surface area contributed by atoms with Crippen LogP contribution in [0.1, 0.15) is 32.9 Å². The summed E-state index contributed by atoms with van der Waals surface area (Å²) in [5.41, 5.74) is 0.775. The van der Waals surface area contributed by atoms with Crippen LogP contribution in [0.25, 0.3) is 0 Å². The van der Waals surface area contributed by atoms with Crippen LogP contribution >= 0.6 is 22.9 Å². The fraction of sp³-hybridized carbons (Fsp3) is 0.235. The number of thiazole rings is 1. The minimum absolute atomic E-state index is 0.0282. The summed E-state index contributed by atoms with van der Waals surface area (Å²) < 4.78 is 39.2. The molecule has 7 nitrogen and oxygen atoms in total. The number of benzene rings is 1. The lowest BCUT2D eigenvalue weighted by Gasteiger charge is -2.29. The molecule has 0 spiro atoms. The Morgan fingerprint density at radius 3 is 2.69 bits per heavy atom. The van der Waals surface area contributed by atoms with Gasteiger partial charge in [-0.1, -0.05) is 17.7 Å². The lowest BCUT2D eigenvalue weighted by atomic mass is 10.1. The van der Waals surface area contributed by atoms with Gasteiger partial charge in [0.05, 0.1) is 32.2 Å². The predicted octanol–water partition coefficient (Wildman–Crippen LogP) is 3.97. The number of nitrogens with one attached hydrogen (secondary N) is 2. The Labute approximate surface area is 171 Å². The van der Waals surface area contributed by atoms with Gasteiger partial charge in [-0.3, -0.25) is 20.5 Å². The molecule has 0 saturated carbocycles. The van der Waals surface area contributed by atoms with E-state index in [1.807, 2.05) is 0 Å². The summed E-state index contributed by atoms with van der Waals surface area (Å²) in [4.78, 5) is 18.8. The Balaban J connectivity index is 1.65. The maximum Gasteiger partial charge on any atom is 0.417 e.